The largest absolute Gasteiger partial charge is 0.490 e. The third-order valence-electron chi connectivity index (χ3n) is 3.46. The maximum atomic E-state index is 12.0. The third kappa shape index (κ3) is 6.32. The van der Waals surface area contributed by atoms with Gasteiger partial charge >= 0.3 is 12.1 Å². The van der Waals surface area contributed by atoms with Gasteiger partial charge in [-0.3, -0.25) is 4.79 Å². The number of alkyl halides is 3. The molecule has 1 amide bonds. The number of nitrogens with zero attached hydrogens (tertiary/aromatic N) is 2. The smallest absolute Gasteiger partial charge is 0.475 e. The molecule has 0 aliphatic rings. The molecule has 5 N–H and O–H groups in total. The van der Waals surface area contributed by atoms with E-state index in [1.54, 1.807) is 11.3 Å². The first kappa shape index (κ1) is 21.3. The molecule has 0 saturated carbocycles. The number of carbonyl (C=O) groups is 2. The number of carboxylic acids is 1. The van der Waals surface area contributed by atoms with Gasteiger partial charge in [0.05, 0.1) is 6.04 Å². The monoisotopic (exact) mass is 415 g/mol. The van der Waals surface area contributed by atoms with E-state index in [9.17, 15) is 18.0 Å². The molecule has 2 heterocycles. The molecular formula is C16H16F3N5O3S. The van der Waals surface area contributed by atoms with Gasteiger partial charge in [0.25, 0.3) is 0 Å². The summed E-state index contributed by atoms with van der Waals surface area (Å²) in [7, 11) is 0. The van der Waals surface area contributed by atoms with Crippen molar-refractivity contribution in [1.82, 2.24) is 20.7 Å². The number of halogens is 3. The fourth-order valence-electron chi connectivity index (χ4n) is 2.07. The number of amides is 1. The Morgan fingerprint density at radius 2 is 1.89 bits per heavy atom. The van der Waals surface area contributed by atoms with Crippen molar-refractivity contribution in [3.8, 4) is 0 Å². The molecule has 150 valence electrons. The lowest BCUT2D eigenvalue weighted by molar-refractivity contribution is -0.192. The Hall–Kier alpha value is -2.99. The lowest BCUT2D eigenvalue weighted by atomic mass is 10.1. The summed E-state index contributed by atoms with van der Waals surface area (Å²) in [5, 5.41) is 24.5. The molecule has 0 saturated heterocycles. The lowest BCUT2D eigenvalue weighted by Crippen LogP contribution is -2.41. The molecule has 1 aromatic carbocycles. The molecule has 2 aromatic heterocycles. The van der Waals surface area contributed by atoms with E-state index < -0.39 is 18.2 Å². The summed E-state index contributed by atoms with van der Waals surface area (Å²) in [6, 6.07) is 7.12. The Morgan fingerprint density at radius 1 is 1.21 bits per heavy atom. The Kier molecular flexibility index (Phi) is 7.06. The average Bonchev–Trinajstić information content (AvgIpc) is 3.30. The molecule has 0 aliphatic heterocycles. The third-order valence-corrected chi connectivity index (χ3v) is 4.19. The van der Waals surface area contributed by atoms with E-state index in [4.69, 9.17) is 15.6 Å². The maximum absolute atomic E-state index is 12.0. The highest BCUT2D eigenvalue weighted by Crippen LogP contribution is 2.13. The number of carbonyl (C=O) groups excluding carboxylic acids is 1. The topological polar surface area (TPSA) is 134 Å². The first-order valence-electron chi connectivity index (χ1n) is 7.80. The van der Waals surface area contributed by atoms with E-state index in [2.05, 4.69) is 20.7 Å². The van der Waals surface area contributed by atoms with Crippen LogP contribution in [0.1, 0.15) is 11.1 Å². The van der Waals surface area contributed by atoms with Crippen LogP contribution in [0, 0.1) is 0 Å². The molecule has 8 nitrogen and oxygen atoms in total. The summed E-state index contributed by atoms with van der Waals surface area (Å²) >= 11 is 1.60. The van der Waals surface area contributed by atoms with Crippen molar-refractivity contribution in [2.24, 2.45) is 5.73 Å². The van der Waals surface area contributed by atoms with Crippen molar-refractivity contribution < 1.29 is 27.9 Å². The minimum absolute atomic E-state index is 0.151. The van der Waals surface area contributed by atoms with Crippen LogP contribution in [-0.2, 0) is 22.6 Å². The van der Waals surface area contributed by atoms with Gasteiger partial charge in [-0.2, -0.15) is 39.9 Å². The predicted molar refractivity (Wildman–Crippen MR) is 95.4 cm³/mol. The van der Waals surface area contributed by atoms with Crippen LogP contribution in [0.15, 0.2) is 35.0 Å². The molecule has 12 heteroatoms. The summed E-state index contributed by atoms with van der Waals surface area (Å²) in [6.07, 6.45) is -4.53. The van der Waals surface area contributed by atoms with Crippen LogP contribution in [0.5, 0.6) is 0 Å². The second-order valence-corrected chi connectivity index (χ2v) is 6.39. The summed E-state index contributed by atoms with van der Waals surface area (Å²) in [4.78, 5) is 20.9. The number of H-pyrrole nitrogens is 1. The number of carboxylic acid groups (broad SMARTS) is 1. The first-order chi connectivity index (χ1) is 13.2. The van der Waals surface area contributed by atoms with E-state index >= 15 is 0 Å². The Labute approximate surface area is 160 Å². The maximum Gasteiger partial charge on any atom is 0.490 e. The molecule has 28 heavy (non-hydrogen) atoms. The number of aromatic amines is 1. The number of aliphatic carboxylic acids is 1. The molecule has 0 aliphatic carbocycles. The minimum atomic E-state index is -5.08. The number of thiophene rings is 1. The van der Waals surface area contributed by atoms with Gasteiger partial charge in [-0.25, -0.2) is 4.79 Å². The van der Waals surface area contributed by atoms with E-state index in [1.165, 1.54) is 0 Å². The zero-order chi connectivity index (χ0) is 20.7. The van der Waals surface area contributed by atoms with Crippen LogP contribution in [0.2, 0.25) is 0 Å². The van der Waals surface area contributed by atoms with Crippen LogP contribution in [-0.4, -0.2) is 44.6 Å². The molecule has 0 bridgehead atoms. The summed E-state index contributed by atoms with van der Waals surface area (Å²) in [5.74, 6) is -2.91. The first-order valence-corrected chi connectivity index (χ1v) is 8.75. The van der Waals surface area contributed by atoms with Crippen molar-refractivity contribution in [3.63, 3.8) is 0 Å². The molecule has 1 unspecified atom stereocenters. The van der Waals surface area contributed by atoms with Gasteiger partial charge in [0.2, 0.25) is 5.91 Å². The molecule has 3 rings (SSSR count). The molecule has 0 fully saturated rings. The van der Waals surface area contributed by atoms with E-state index in [1.807, 2.05) is 35.0 Å². The number of rotatable bonds is 5. The van der Waals surface area contributed by atoms with Crippen LogP contribution in [0.3, 0.4) is 0 Å². The number of benzene rings is 1. The fourth-order valence-corrected chi connectivity index (χ4v) is 2.75. The van der Waals surface area contributed by atoms with Gasteiger partial charge in [-0.05, 0) is 46.5 Å². The standard InChI is InChI=1S/C14H15N5OS.C2HF3O2/c15-11(5-10-3-4-21-8-10)14(20)16-7-9-1-2-12-13(6-9)18-19-17-12;3-2(4,5)1(6)7/h1-4,6,8,11H,5,7,15H2,(H,16,20)(H,17,18,19);(H,6,7). The average molecular weight is 415 g/mol. The van der Waals surface area contributed by atoms with Crippen LogP contribution < -0.4 is 11.1 Å². The van der Waals surface area contributed by atoms with E-state index in [0.717, 1.165) is 22.2 Å². The van der Waals surface area contributed by atoms with E-state index in [0.29, 0.717) is 13.0 Å². The second kappa shape index (κ2) is 9.28. The Balaban J connectivity index is 0.000000345. The van der Waals surface area contributed by atoms with Crippen molar-refractivity contribution in [1.29, 1.82) is 0 Å². The fraction of sp³-hybridized carbons (Fsp3) is 0.250. The highest BCUT2D eigenvalue weighted by Gasteiger charge is 2.38. The van der Waals surface area contributed by atoms with Crippen molar-refractivity contribution >= 4 is 34.2 Å². The van der Waals surface area contributed by atoms with E-state index in [-0.39, 0.29) is 5.91 Å². The van der Waals surface area contributed by atoms with Gasteiger partial charge in [0, 0.05) is 6.54 Å². The van der Waals surface area contributed by atoms with Gasteiger partial charge < -0.3 is 16.2 Å². The van der Waals surface area contributed by atoms with Gasteiger partial charge in [-0.15, -0.1) is 0 Å². The predicted octanol–water partition coefficient (Wildman–Crippen LogP) is 1.84. The number of nitrogens with two attached hydrogens (primary N) is 1. The van der Waals surface area contributed by atoms with Gasteiger partial charge in [-0.1, -0.05) is 6.07 Å². The van der Waals surface area contributed by atoms with Crippen LogP contribution in [0.4, 0.5) is 13.2 Å². The summed E-state index contributed by atoms with van der Waals surface area (Å²) in [6.45, 7) is 0.430. The number of nitrogens with one attached hydrogen (secondary N) is 2. The molecule has 3 aromatic rings. The van der Waals surface area contributed by atoms with Crippen molar-refractivity contribution in [3.05, 3.63) is 46.2 Å². The van der Waals surface area contributed by atoms with Crippen LogP contribution >= 0.6 is 11.3 Å². The summed E-state index contributed by atoms with van der Waals surface area (Å²) < 4.78 is 31.7. The van der Waals surface area contributed by atoms with Crippen molar-refractivity contribution in [2.75, 3.05) is 0 Å². The second-order valence-electron chi connectivity index (χ2n) is 5.61. The zero-order valence-corrected chi connectivity index (χ0v) is 15.0. The lowest BCUT2D eigenvalue weighted by Gasteiger charge is -2.11. The highest BCUT2D eigenvalue weighted by molar-refractivity contribution is 7.07. The quantitative estimate of drug-likeness (QED) is 0.502. The number of aromatic nitrogens is 3. The summed E-state index contributed by atoms with van der Waals surface area (Å²) in [5.41, 5.74) is 9.55. The van der Waals surface area contributed by atoms with Gasteiger partial charge in [0.1, 0.15) is 11.0 Å². The van der Waals surface area contributed by atoms with Crippen LogP contribution in [0.25, 0.3) is 11.0 Å². The normalized spacial score (nSPS) is 12.1. The molecule has 0 spiro atoms. The number of hydrogen-bond donors (Lipinski definition) is 4. The molecule has 0 radical (unpaired) electrons. The van der Waals surface area contributed by atoms with Crippen molar-refractivity contribution in [2.45, 2.75) is 25.2 Å². The minimum Gasteiger partial charge on any atom is -0.475 e. The Morgan fingerprint density at radius 3 is 2.50 bits per heavy atom. The highest BCUT2D eigenvalue weighted by atomic mass is 32.1. The zero-order valence-electron chi connectivity index (χ0n) is 14.2. The number of hydrogen-bond acceptors (Lipinski definition) is 6. The SMILES string of the molecule is NC(Cc1ccsc1)C(=O)NCc1ccc2n[nH]nc2c1.O=C(O)C(F)(F)F. The van der Waals surface area contributed by atoms with Gasteiger partial charge in [0.15, 0.2) is 0 Å². The molecular weight excluding hydrogens is 399 g/mol. The Bertz CT molecular complexity index is 927. The number of fused-ring (bicyclic) bond motifs is 1. The molecule has 1 atom stereocenters.